The smallest absolute Gasteiger partial charge is 0.319 e. The molecule has 2 aromatic carbocycles. The van der Waals surface area contributed by atoms with E-state index in [2.05, 4.69) is 0 Å². The molecule has 1 heterocycles. The first kappa shape index (κ1) is 21.7. The molecule has 154 valence electrons. The standard InChI is InChI=1S/C25H25NO3S/c1-18-11-13-20(14-12-18)23(27)22-10-6-16-26(22)15-5-8-19-7-4-9-21(17-19)30-25(2,3)24(28)29/h4-14,16-17H,15H2,1-3H3,(H,28,29)/b8-5+. The van der Waals surface area contributed by atoms with Crippen LogP contribution >= 0.6 is 11.8 Å². The van der Waals surface area contributed by atoms with E-state index >= 15 is 0 Å². The van der Waals surface area contributed by atoms with Gasteiger partial charge in [0.25, 0.3) is 0 Å². The molecule has 0 fully saturated rings. The fourth-order valence-electron chi connectivity index (χ4n) is 2.95. The first-order valence-electron chi connectivity index (χ1n) is 9.72. The Kier molecular flexibility index (Phi) is 6.63. The lowest BCUT2D eigenvalue weighted by Crippen LogP contribution is -2.26. The lowest BCUT2D eigenvalue weighted by Gasteiger charge is -2.18. The van der Waals surface area contributed by atoms with Gasteiger partial charge in [0, 0.05) is 23.2 Å². The quantitative estimate of drug-likeness (QED) is 0.376. The molecule has 0 aliphatic heterocycles. The van der Waals surface area contributed by atoms with Crippen molar-refractivity contribution in [1.29, 1.82) is 0 Å². The van der Waals surface area contributed by atoms with E-state index in [0.717, 1.165) is 16.0 Å². The SMILES string of the molecule is Cc1ccc(C(=O)c2cccn2C/C=C/c2cccc(SC(C)(C)C(=O)O)c2)cc1. The Morgan fingerprint density at radius 3 is 2.50 bits per heavy atom. The highest BCUT2D eigenvalue weighted by atomic mass is 32.2. The molecule has 1 aromatic heterocycles. The minimum Gasteiger partial charge on any atom is -0.480 e. The van der Waals surface area contributed by atoms with Crippen LogP contribution in [0.1, 0.15) is 41.0 Å². The summed E-state index contributed by atoms with van der Waals surface area (Å²) in [7, 11) is 0. The molecule has 1 N–H and O–H groups in total. The molecular weight excluding hydrogens is 394 g/mol. The molecule has 0 amide bonds. The minimum atomic E-state index is -0.890. The Morgan fingerprint density at radius 1 is 1.07 bits per heavy atom. The number of hydrogen-bond donors (Lipinski definition) is 1. The molecule has 30 heavy (non-hydrogen) atoms. The van der Waals surface area contributed by atoms with E-state index in [-0.39, 0.29) is 5.78 Å². The van der Waals surface area contributed by atoms with Crippen molar-refractivity contribution in [2.75, 3.05) is 0 Å². The summed E-state index contributed by atoms with van der Waals surface area (Å²) in [5.41, 5.74) is 3.43. The van der Waals surface area contributed by atoms with Gasteiger partial charge in [-0.2, -0.15) is 0 Å². The maximum Gasteiger partial charge on any atom is 0.319 e. The topological polar surface area (TPSA) is 59.3 Å². The van der Waals surface area contributed by atoms with E-state index in [1.54, 1.807) is 13.8 Å². The van der Waals surface area contributed by atoms with E-state index in [1.807, 2.05) is 90.5 Å². The Bertz CT molecular complexity index is 1080. The van der Waals surface area contributed by atoms with Crippen LogP contribution < -0.4 is 0 Å². The summed E-state index contributed by atoms with van der Waals surface area (Å²) in [4.78, 5) is 25.1. The van der Waals surface area contributed by atoms with Crippen LogP contribution in [0.4, 0.5) is 0 Å². The summed E-state index contributed by atoms with van der Waals surface area (Å²) in [5, 5.41) is 9.32. The van der Waals surface area contributed by atoms with Gasteiger partial charge < -0.3 is 9.67 Å². The van der Waals surface area contributed by atoms with Crippen molar-refractivity contribution in [2.45, 2.75) is 37.0 Å². The maximum absolute atomic E-state index is 12.8. The normalized spacial score (nSPS) is 11.7. The van der Waals surface area contributed by atoms with Crippen molar-refractivity contribution >= 4 is 29.6 Å². The fraction of sp³-hybridized carbons (Fsp3) is 0.200. The first-order valence-corrected chi connectivity index (χ1v) is 10.5. The number of aromatic nitrogens is 1. The lowest BCUT2D eigenvalue weighted by atomic mass is 10.1. The van der Waals surface area contributed by atoms with Crippen LogP contribution in [0.25, 0.3) is 6.08 Å². The number of thioether (sulfide) groups is 1. The summed E-state index contributed by atoms with van der Waals surface area (Å²) in [6.45, 7) is 5.96. The summed E-state index contributed by atoms with van der Waals surface area (Å²) >= 11 is 1.32. The minimum absolute atomic E-state index is 0.00250. The number of aliphatic carboxylic acids is 1. The number of carbonyl (C=O) groups excluding carboxylic acids is 1. The van der Waals surface area contributed by atoms with Crippen molar-refractivity contribution in [2.24, 2.45) is 0 Å². The maximum atomic E-state index is 12.8. The van der Waals surface area contributed by atoms with Gasteiger partial charge in [0.1, 0.15) is 4.75 Å². The summed E-state index contributed by atoms with van der Waals surface area (Å²) in [6.07, 6.45) is 5.88. The Morgan fingerprint density at radius 2 is 1.80 bits per heavy atom. The first-order chi connectivity index (χ1) is 14.3. The Hall–Kier alpha value is -3.05. The molecule has 0 unspecified atom stereocenters. The third kappa shape index (κ3) is 5.30. The molecular formula is C25H25NO3S. The van der Waals surface area contributed by atoms with Crippen molar-refractivity contribution in [3.05, 3.63) is 95.3 Å². The van der Waals surface area contributed by atoms with E-state index in [9.17, 15) is 14.7 Å². The molecule has 3 aromatic rings. The van der Waals surface area contributed by atoms with Crippen LogP contribution in [-0.4, -0.2) is 26.2 Å². The Labute approximate surface area is 181 Å². The highest BCUT2D eigenvalue weighted by Gasteiger charge is 2.28. The summed E-state index contributed by atoms with van der Waals surface area (Å²) < 4.78 is 1.03. The molecule has 0 aliphatic rings. The second-order valence-electron chi connectivity index (χ2n) is 7.63. The van der Waals surface area contributed by atoms with Gasteiger partial charge in [-0.15, -0.1) is 11.8 Å². The number of hydrogen-bond acceptors (Lipinski definition) is 3. The summed E-state index contributed by atoms with van der Waals surface area (Å²) in [5.74, 6) is -0.838. The Balaban J connectivity index is 1.70. The number of rotatable bonds is 8. The van der Waals surface area contributed by atoms with Crippen molar-refractivity contribution in [1.82, 2.24) is 4.57 Å². The third-order valence-electron chi connectivity index (χ3n) is 4.73. The average Bonchev–Trinajstić information content (AvgIpc) is 3.16. The van der Waals surface area contributed by atoms with Crippen LogP contribution in [0.15, 0.2) is 77.8 Å². The van der Waals surface area contributed by atoms with E-state index in [4.69, 9.17) is 0 Å². The third-order valence-corrected chi connectivity index (χ3v) is 5.91. The van der Waals surface area contributed by atoms with Gasteiger partial charge in [-0.05, 0) is 50.6 Å². The number of aryl methyl sites for hydroxylation is 1. The molecule has 0 radical (unpaired) electrons. The predicted octanol–water partition coefficient (Wildman–Crippen LogP) is 5.70. The number of carbonyl (C=O) groups is 2. The van der Waals surface area contributed by atoms with Crippen molar-refractivity contribution < 1.29 is 14.7 Å². The van der Waals surface area contributed by atoms with Crippen LogP contribution in [0.3, 0.4) is 0 Å². The van der Waals surface area contributed by atoms with Gasteiger partial charge in [0.05, 0.1) is 5.69 Å². The molecule has 0 saturated heterocycles. The molecule has 0 aliphatic carbocycles. The van der Waals surface area contributed by atoms with Crippen LogP contribution in [0.5, 0.6) is 0 Å². The highest BCUT2D eigenvalue weighted by molar-refractivity contribution is 8.01. The van der Waals surface area contributed by atoms with Gasteiger partial charge in [0.2, 0.25) is 5.78 Å². The molecule has 4 nitrogen and oxygen atoms in total. The van der Waals surface area contributed by atoms with Crippen LogP contribution in [0, 0.1) is 6.92 Å². The zero-order valence-electron chi connectivity index (χ0n) is 17.3. The molecule has 0 bridgehead atoms. The monoisotopic (exact) mass is 419 g/mol. The van der Waals surface area contributed by atoms with Gasteiger partial charge in [-0.3, -0.25) is 9.59 Å². The average molecular weight is 420 g/mol. The zero-order valence-corrected chi connectivity index (χ0v) is 18.1. The number of benzene rings is 2. The largest absolute Gasteiger partial charge is 0.480 e. The van der Waals surface area contributed by atoms with Crippen LogP contribution in [-0.2, 0) is 11.3 Å². The van der Waals surface area contributed by atoms with E-state index in [0.29, 0.717) is 17.8 Å². The predicted molar refractivity (Wildman–Crippen MR) is 122 cm³/mol. The number of allylic oxidation sites excluding steroid dienone is 1. The van der Waals surface area contributed by atoms with E-state index < -0.39 is 10.7 Å². The molecule has 3 rings (SSSR count). The van der Waals surface area contributed by atoms with Crippen LogP contribution in [0.2, 0.25) is 0 Å². The molecule has 0 atom stereocenters. The molecule has 5 heteroatoms. The van der Waals surface area contributed by atoms with Gasteiger partial charge >= 0.3 is 5.97 Å². The van der Waals surface area contributed by atoms with Gasteiger partial charge in [0.15, 0.2) is 0 Å². The van der Waals surface area contributed by atoms with Gasteiger partial charge in [-0.25, -0.2) is 0 Å². The number of carboxylic acid groups (broad SMARTS) is 1. The second-order valence-corrected chi connectivity index (χ2v) is 9.33. The number of nitrogens with zero attached hydrogens (tertiary/aromatic N) is 1. The number of ketones is 1. The molecule has 0 spiro atoms. The summed E-state index contributed by atoms with van der Waals surface area (Å²) in [6, 6.07) is 19.1. The second kappa shape index (κ2) is 9.18. The molecule has 0 saturated carbocycles. The van der Waals surface area contributed by atoms with Gasteiger partial charge in [-0.1, -0.05) is 54.1 Å². The highest BCUT2D eigenvalue weighted by Crippen LogP contribution is 2.33. The van der Waals surface area contributed by atoms with Crippen molar-refractivity contribution in [3.63, 3.8) is 0 Å². The number of carboxylic acids is 1. The lowest BCUT2D eigenvalue weighted by molar-refractivity contribution is -0.138. The fourth-order valence-corrected chi connectivity index (χ4v) is 3.97. The zero-order chi connectivity index (χ0) is 21.7. The van der Waals surface area contributed by atoms with Crippen molar-refractivity contribution in [3.8, 4) is 0 Å². The van der Waals surface area contributed by atoms with E-state index in [1.165, 1.54) is 11.8 Å².